The summed E-state index contributed by atoms with van der Waals surface area (Å²) in [5, 5.41) is 8.87. The number of morpholine rings is 1. The third-order valence-electron chi connectivity index (χ3n) is 4.55. The molecule has 0 radical (unpaired) electrons. The van der Waals surface area contributed by atoms with E-state index in [9.17, 15) is 0 Å². The highest BCUT2D eigenvalue weighted by molar-refractivity contribution is 5.03. The van der Waals surface area contributed by atoms with E-state index in [1.54, 1.807) is 0 Å². The van der Waals surface area contributed by atoms with Crippen LogP contribution >= 0.6 is 0 Å². The molecule has 3 fully saturated rings. The van der Waals surface area contributed by atoms with Gasteiger partial charge in [0.2, 0.25) is 0 Å². The predicted octanol–water partition coefficient (Wildman–Crippen LogP) is 1.93. The van der Waals surface area contributed by atoms with Crippen molar-refractivity contribution in [1.82, 2.24) is 4.90 Å². The monoisotopic (exact) mass is 220 g/mol. The molecule has 3 aliphatic rings. The number of rotatable bonds is 3. The van der Waals surface area contributed by atoms with E-state index in [2.05, 4.69) is 11.0 Å². The van der Waals surface area contributed by atoms with Crippen molar-refractivity contribution in [2.24, 2.45) is 5.41 Å². The quantitative estimate of drug-likeness (QED) is 0.729. The first-order chi connectivity index (χ1) is 7.83. The Morgan fingerprint density at radius 2 is 2.25 bits per heavy atom. The number of nitrogens with zero attached hydrogens (tertiary/aromatic N) is 2. The van der Waals surface area contributed by atoms with E-state index in [1.165, 1.54) is 32.1 Å². The van der Waals surface area contributed by atoms with Crippen LogP contribution in [0.25, 0.3) is 0 Å². The van der Waals surface area contributed by atoms with E-state index in [1.807, 2.05) is 0 Å². The van der Waals surface area contributed by atoms with Crippen LogP contribution in [0.1, 0.15) is 38.5 Å². The molecule has 0 spiro atoms. The molecule has 3 nitrogen and oxygen atoms in total. The molecule has 0 bridgehead atoms. The second-order valence-electron chi connectivity index (χ2n) is 5.71. The highest BCUT2D eigenvalue weighted by Crippen LogP contribution is 2.50. The Kier molecular flexibility index (Phi) is 2.65. The highest BCUT2D eigenvalue weighted by atomic mass is 16.5. The summed E-state index contributed by atoms with van der Waals surface area (Å²) in [5.74, 6) is 0. The molecule has 2 saturated carbocycles. The molecule has 0 amide bonds. The van der Waals surface area contributed by atoms with Crippen LogP contribution in [0, 0.1) is 16.7 Å². The average molecular weight is 220 g/mol. The molecule has 88 valence electrons. The predicted molar refractivity (Wildman–Crippen MR) is 60.8 cm³/mol. The fraction of sp³-hybridized carbons (Fsp3) is 0.923. The van der Waals surface area contributed by atoms with E-state index in [0.29, 0.717) is 17.6 Å². The SMILES string of the molecule is N#CCC1(CN2CCOC3CCCC32)CC1. The van der Waals surface area contributed by atoms with E-state index in [-0.39, 0.29) is 0 Å². The summed E-state index contributed by atoms with van der Waals surface area (Å²) >= 11 is 0. The Bertz CT molecular complexity index is 306. The molecule has 2 atom stereocenters. The number of nitriles is 1. The molecule has 1 heterocycles. The van der Waals surface area contributed by atoms with Gasteiger partial charge in [-0.3, -0.25) is 4.90 Å². The van der Waals surface area contributed by atoms with Crippen LogP contribution < -0.4 is 0 Å². The van der Waals surface area contributed by atoms with Crippen molar-refractivity contribution >= 4 is 0 Å². The molecule has 0 N–H and O–H groups in total. The Morgan fingerprint density at radius 1 is 1.38 bits per heavy atom. The van der Waals surface area contributed by atoms with Crippen LogP contribution in [0.5, 0.6) is 0 Å². The Labute approximate surface area is 97.4 Å². The normalized spacial score (nSPS) is 36.7. The van der Waals surface area contributed by atoms with Gasteiger partial charge in [-0.1, -0.05) is 0 Å². The van der Waals surface area contributed by atoms with Gasteiger partial charge in [0, 0.05) is 25.6 Å². The third kappa shape index (κ3) is 1.85. The van der Waals surface area contributed by atoms with Gasteiger partial charge in [0.25, 0.3) is 0 Å². The number of fused-ring (bicyclic) bond motifs is 1. The van der Waals surface area contributed by atoms with Crippen LogP contribution in [0.2, 0.25) is 0 Å². The van der Waals surface area contributed by atoms with Crippen molar-refractivity contribution in [3.63, 3.8) is 0 Å². The molecule has 3 heteroatoms. The van der Waals surface area contributed by atoms with Gasteiger partial charge in [0.1, 0.15) is 0 Å². The van der Waals surface area contributed by atoms with Gasteiger partial charge >= 0.3 is 0 Å². The number of hydrogen-bond acceptors (Lipinski definition) is 3. The van der Waals surface area contributed by atoms with Crippen molar-refractivity contribution in [1.29, 1.82) is 5.26 Å². The van der Waals surface area contributed by atoms with Crippen molar-refractivity contribution in [3.8, 4) is 6.07 Å². The van der Waals surface area contributed by atoms with Crippen LogP contribution in [0.4, 0.5) is 0 Å². The van der Waals surface area contributed by atoms with Crippen LogP contribution in [0.3, 0.4) is 0 Å². The molecule has 16 heavy (non-hydrogen) atoms. The Balaban J connectivity index is 1.64. The lowest BCUT2D eigenvalue weighted by Gasteiger charge is -2.39. The average Bonchev–Trinajstić information content (AvgIpc) is 2.87. The third-order valence-corrected chi connectivity index (χ3v) is 4.55. The molecule has 2 aliphatic carbocycles. The largest absolute Gasteiger partial charge is 0.375 e. The summed E-state index contributed by atoms with van der Waals surface area (Å²) in [6.07, 6.45) is 7.62. The Hall–Kier alpha value is -0.590. The van der Waals surface area contributed by atoms with Crippen LogP contribution in [0.15, 0.2) is 0 Å². The summed E-state index contributed by atoms with van der Waals surface area (Å²) in [6.45, 7) is 3.11. The van der Waals surface area contributed by atoms with Gasteiger partial charge in [-0.15, -0.1) is 0 Å². The first-order valence-electron chi connectivity index (χ1n) is 6.56. The second kappa shape index (κ2) is 4.01. The van der Waals surface area contributed by atoms with Crippen molar-refractivity contribution < 1.29 is 4.74 Å². The van der Waals surface area contributed by atoms with E-state index in [0.717, 1.165) is 26.1 Å². The minimum Gasteiger partial charge on any atom is -0.375 e. The lowest BCUT2D eigenvalue weighted by Crippen LogP contribution is -2.50. The maximum absolute atomic E-state index is 8.87. The molecular formula is C13H20N2O. The van der Waals surface area contributed by atoms with Crippen molar-refractivity contribution in [2.75, 3.05) is 19.7 Å². The summed E-state index contributed by atoms with van der Waals surface area (Å²) in [6, 6.07) is 3.02. The topological polar surface area (TPSA) is 36.3 Å². The maximum atomic E-state index is 8.87. The first-order valence-corrected chi connectivity index (χ1v) is 6.56. The lowest BCUT2D eigenvalue weighted by atomic mass is 10.0. The van der Waals surface area contributed by atoms with Gasteiger partial charge in [-0.05, 0) is 37.5 Å². The van der Waals surface area contributed by atoms with Gasteiger partial charge in [0.15, 0.2) is 0 Å². The number of ether oxygens (including phenoxy) is 1. The first kappa shape index (κ1) is 10.6. The molecular weight excluding hydrogens is 200 g/mol. The van der Waals surface area contributed by atoms with Crippen LogP contribution in [-0.2, 0) is 4.74 Å². The van der Waals surface area contributed by atoms with Gasteiger partial charge in [0.05, 0.1) is 18.8 Å². The van der Waals surface area contributed by atoms with Gasteiger partial charge in [-0.25, -0.2) is 0 Å². The maximum Gasteiger partial charge on any atom is 0.0730 e. The standard InChI is InChI=1S/C13H20N2O/c14-7-6-13(4-5-13)10-15-8-9-16-12-3-1-2-11(12)15/h11-12H,1-6,8-10H2. The zero-order valence-electron chi connectivity index (χ0n) is 9.82. The highest BCUT2D eigenvalue weighted by Gasteiger charge is 2.46. The summed E-state index contributed by atoms with van der Waals surface area (Å²) in [4.78, 5) is 2.62. The molecule has 2 unspecified atom stereocenters. The molecule has 1 aliphatic heterocycles. The lowest BCUT2D eigenvalue weighted by molar-refractivity contribution is -0.0615. The van der Waals surface area contributed by atoms with Crippen LogP contribution in [-0.4, -0.2) is 36.7 Å². The summed E-state index contributed by atoms with van der Waals surface area (Å²) in [5.41, 5.74) is 0.360. The zero-order chi connectivity index (χ0) is 11.0. The van der Waals surface area contributed by atoms with Crippen molar-refractivity contribution in [3.05, 3.63) is 0 Å². The Morgan fingerprint density at radius 3 is 3.00 bits per heavy atom. The van der Waals surface area contributed by atoms with E-state index < -0.39 is 0 Å². The fourth-order valence-corrected chi connectivity index (χ4v) is 3.37. The molecule has 0 aromatic carbocycles. The summed E-state index contributed by atoms with van der Waals surface area (Å²) in [7, 11) is 0. The summed E-state index contributed by atoms with van der Waals surface area (Å²) < 4.78 is 5.82. The zero-order valence-corrected chi connectivity index (χ0v) is 9.82. The van der Waals surface area contributed by atoms with Gasteiger partial charge in [-0.2, -0.15) is 5.26 Å². The van der Waals surface area contributed by atoms with E-state index in [4.69, 9.17) is 10.00 Å². The minimum atomic E-state index is 0.360. The number of hydrogen-bond donors (Lipinski definition) is 0. The molecule has 0 aromatic heterocycles. The molecule has 0 aromatic rings. The fourth-order valence-electron chi connectivity index (χ4n) is 3.37. The smallest absolute Gasteiger partial charge is 0.0730 e. The van der Waals surface area contributed by atoms with Gasteiger partial charge < -0.3 is 4.74 Å². The molecule has 3 rings (SSSR count). The van der Waals surface area contributed by atoms with E-state index >= 15 is 0 Å². The minimum absolute atomic E-state index is 0.360. The van der Waals surface area contributed by atoms with Crippen molar-refractivity contribution in [2.45, 2.75) is 50.7 Å². The molecule has 1 saturated heterocycles. The second-order valence-corrected chi connectivity index (χ2v) is 5.71.